The monoisotopic (exact) mass is 213 g/mol. The van der Waals surface area contributed by atoms with Crippen molar-refractivity contribution in [2.75, 3.05) is 5.32 Å². The Morgan fingerprint density at radius 1 is 1.00 bits per heavy atom. The lowest BCUT2D eigenvalue weighted by Gasteiger charge is -2.26. The maximum absolute atomic E-state index is 3.56. The van der Waals surface area contributed by atoms with Gasteiger partial charge in [0.25, 0.3) is 0 Å². The molecule has 0 radical (unpaired) electrons. The van der Waals surface area contributed by atoms with Crippen LogP contribution in [0.2, 0.25) is 0 Å². The van der Waals surface area contributed by atoms with Crippen LogP contribution in [0, 0.1) is 0 Å². The first-order valence-corrected chi connectivity index (χ1v) is 5.88. The third kappa shape index (κ3) is 2.35. The summed E-state index contributed by atoms with van der Waals surface area (Å²) < 4.78 is 0. The Hall–Kier alpha value is -1.50. The van der Waals surface area contributed by atoms with Crippen molar-refractivity contribution in [1.82, 2.24) is 0 Å². The van der Waals surface area contributed by atoms with E-state index in [1.54, 1.807) is 0 Å². The third-order valence-electron chi connectivity index (χ3n) is 3.12. The molecule has 0 aliphatic heterocycles. The highest BCUT2D eigenvalue weighted by molar-refractivity contribution is 5.85. The van der Waals surface area contributed by atoms with Crippen LogP contribution in [0.4, 0.5) is 5.69 Å². The zero-order chi connectivity index (χ0) is 11.6. The van der Waals surface area contributed by atoms with Gasteiger partial charge in [-0.2, -0.15) is 0 Å². The van der Waals surface area contributed by atoms with Crippen LogP contribution in [0.5, 0.6) is 0 Å². The minimum atomic E-state index is 0.155. The smallest absolute Gasteiger partial charge is 0.0350 e. The molecule has 0 spiro atoms. The Balaban J connectivity index is 2.33. The van der Waals surface area contributed by atoms with E-state index in [1.165, 1.54) is 16.5 Å². The molecule has 2 aromatic carbocycles. The van der Waals surface area contributed by atoms with Gasteiger partial charge in [0.05, 0.1) is 0 Å². The highest BCUT2D eigenvalue weighted by atomic mass is 15.0. The van der Waals surface area contributed by atoms with Crippen molar-refractivity contribution in [3.8, 4) is 0 Å². The van der Waals surface area contributed by atoms with Crippen molar-refractivity contribution in [2.24, 2.45) is 0 Å². The maximum Gasteiger partial charge on any atom is 0.0350 e. The highest BCUT2D eigenvalue weighted by Crippen LogP contribution is 2.22. The number of fused-ring (bicyclic) bond motifs is 1. The zero-order valence-corrected chi connectivity index (χ0v) is 10.2. The van der Waals surface area contributed by atoms with E-state index in [-0.39, 0.29) is 5.54 Å². The van der Waals surface area contributed by atoms with Crippen molar-refractivity contribution in [1.29, 1.82) is 0 Å². The standard InChI is InChI=1S/C15H19N/c1-4-15(2,3)16-14-10-9-12-7-5-6-8-13(12)11-14/h5-11,16H,4H2,1-3H3. The van der Waals surface area contributed by atoms with E-state index in [0.717, 1.165) is 6.42 Å². The van der Waals surface area contributed by atoms with Crippen molar-refractivity contribution >= 4 is 16.5 Å². The quantitative estimate of drug-likeness (QED) is 0.794. The number of benzene rings is 2. The van der Waals surface area contributed by atoms with Gasteiger partial charge in [-0.3, -0.25) is 0 Å². The van der Waals surface area contributed by atoms with E-state index in [0.29, 0.717) is 0 Å². The molecular formula is C15H19N. The van der Waals surface area contributed by atoms with Crippen LogP contribution in [0.3, 0.4) is 0 Å². The van der Waals surface area contributed by atoms with Gasteiger partial charge in [-0.25, -0.2) is 0 Å². The van der Waals surface area contributed by atoms with Crippen LogP contribution in [0.25, 0.3) is 10.8 Å². The fourth-order valence-electron chi connectivity index (χ4n) is 1.75. The molecular weight excluding hydrogens is 194 g/mol. The Kier molecular flexibility index (Phi) is 2.86. The molecule has 2 aromatic rings. The molecule has 0 atom stereocenters. The molecule has 0 saturated heterocycles. The molecule has 2 rings (SSSR count). The summed E-state index contributed by atoms with van der Waals surface area (Å²) in [6, 6.07) is 15.0. The van der Waals surface area contributed by atoms with E-state index in [4.69, 9.17) is 0 Å². The second-order valence-corrected chi connectivity index (χ2v) is 4.92. The first-order chi connectivity index (χ1) is 7.61. The largest absolute Gasteiger partial charge is 0.380 e. The lowest BCUT2D eigenvalue weighted by molar-refractivity contribution is 0.547. The topological polar surface area (TPSA) is 12.0 Å². The van der Waals surface area contributed by atoms with Gasteiger partial charge >= 0.3 is 0 Å². The van der Waals surface area contributed by atoms with Crippen molar-refractivity contribution in [3.63, 3.8) is 0 Å². The molecule has 0 saturated carbocycles. The number of nitrogens with one attached hydrogen (secondary N) is 1. The fraction of sp³-hybridized carbons (Fsp3) is 0.333. The van der Waals surface area contributed by atoms with Gasteiger partial charge in [0, 0.05) is 11.2 Å². The summed E-state index contributed by atoms with van der Waals surface area (Å²) >= 11 is 0. The summed E-state index contributed by atoms with van der Waals surface area (Å²) in [5.41, 5.74) is 1.35. The molecule has 84 valence electrons. The van der Waals surface area contributed by atoms with Crippen LogP contribution in [0.1, 0.15) is 27.2 Å². The van der Waals surface area contributed by atoms with E-state index in [1.807, 2.05) is 0 Å². The molecule has 16 heavy (non-hydrogen) atoms. The molecule has 1 nitrogen and oxygen atoms in total. The van der Waals surface area contributed by atoms with E-state index >= 15 is 0 Å². The molecule has 0 heterocycles. The van der Waals surface area contributed by atoms with E-state index in [2.05, 4.69) is 68.6 Å². The molecule has 0 aliphatic carbocycles. The molecule has 0 amide bonds. The number of anilines is 1. The predicted molar refractivity (Wildman–Crippen MR) is 71.9 cm³/mol. The summed E-state index contributed by atoms with van der Waals surface area (Å²) in [6.45, 7) is 6.65. The van der Waals surface area contributed by atoms with Crippen LogP contribution < -0.4 is 5.32 Å². The summed E-state index contributed by atoms with van der Waals surface area (Å²) in [5, 5.41) is 6.15. The third-order valence-corrected chi connectivity index (χ3v) is 3.12. The van der Waals surface area contributed by atoms with Crippen molar-refractivity contribution in [3.05, 3.63) is 42.5 Å². The van der Waals surface area contributed by atoms with Gasteiger partial charge < -0.3 is 5.32 Å². The Morgan fingerprint density at radius 2 is 1.69 bits per heavy atom. The number of rotatable bonds is 3. The molecule has 0 aromatic heterocycles. The van der Waals surface area contributed by atoms with Gasteiger partial charge in [-0.15, -0.1) is 0 Å². The van der Waals surface area contributed by atoms with Crippen LogP contribution >= 0.6 is 0 Å². The summed E-state index contributed by atoms with van der Waals surface area (Å²) in [7, 11) is 0. The Morgan fingerprint density at radius 3 is 2.38 bits per heavy atom. The van der Waals surface area contributed by atoms with Crippen LogP contribution in [-0.2, 0) is 0 Å². The summed E-state index contributed by atoms with van der Waals surface area (Å²) in [5.74, 6) is 0. The highest BCUT2D eigenvalue weighted by Gasteiger charge is 2.13. The Bertz CT molecular complexity index is 486. The SMILES string of the molecule is CCC(C)(C)Nc1ccc2ccccc2c1. The van der Waals surface area contributed by atoms with Gasteiger partial charge in [0.15, 0.2) is 0 Å². The fourth-order valence-corrected chi connectivity index (χ4v) is 1.75. The Labute approximate surface area is 97.5 Å². The van der Waals surface area contributed by atoms with Gasteiger partial charge in [0.2, 0.25) is 0 Å². The lowest BCUT2D eigenvalue weighted by atomic mass is 10.0. The molecule has 0 bridgehead atoms. The van der Waals surface area contributed by atoms with E-state index in [9.17, 15) is 0 Å². The predicted octanol–water partition coefficient (Wildman–Crippen LogP) is 4.44. The van der Waals surface area contributed by atoms with Gasteiger partial charge in [-0.05, 0) is 43.2 Å². The molecule has 0 unspecified atom stereocenters. The minimum Gasteiger partial charge on any atom is -0.380 e. The molecule has 0 aliphatic rings. The average molecular weight is 213 g/mol. The first-order valence-electron chi connectivity index (χ1n) is 5.88. The number of hydrogen-bond donors (Lipinski definition) is 1. The number of hydrogen-bond acceptors (Lipinski definition) is 1. The minimum absolute atomic E-state index is 0.155. The summed E-state index contributed by atoms with van der Waals surface area (Å²) in [4.78, 5) is 0. The van der Waals surface area contributed by atoms with E-state index < -0.39 is 0 Å². The van der Waals surface area contributed by atoms with Crippen LogP contribution in [0.15, 0.2) is 42.5 Å². The van der Waals surface area contributed by atoms with Gasteiger partial charge in [-0.1, -0.05) is 37.3 Å². The van der Waals surface area contributed by atoms with Crippen molar-refractivity contribution in [2.45, 2.75) is 32.7 Å². The molecule has 1 N–H and O–H groups in total. The lowest BCUT2D eigenvalue weighted by Crippen LogP contribution is -2.29. The second kappa shape index (κ2) is 4.17. The molecule has 0 fully saturated rings. The first kappa shape index (κ1) is 11.0. The summed E-state index contributed by atoms with van der Waals surface area (Å²) in [6.07, 6.45) is 1.11. The van der Waals surface area contributed by atoms with Crippen molar-refractivity contribution < 1.29 is 0 Å². The maximum atomic E-state index is 3.56. The normalized spacial score (nSPS) is 11.7. The van der Waals surface area contributed by atoms with Gasteiger partial charge in [0.1, 0.15) is 0 Å². The zero-order valence-electron chi connectivity index (χ0n) is 10.2. The average Bonchev–Trinajstić information content (AvgIpc) is 2.28. The van der Waals surface area contributed by atoms with Crippen LogP contribution in [-0.4, -0.2) is 5.54 Å². The molecule has 1 heteroatoms. The second-order valence-electron chi connectivity index (χ2n) is 4.92.